The monoisotopic (exact) mass is 244 g/mol. The van der Waals surface area contributed by atoms with E-state index in [0.29, 0.717) is 24.0 Å². The Morgan fingerprint density at radius 2 is 2.08 bits per heavy atom. The van der Waals surface area contributed by atoms with Gasteiger partial charge in [0.25, 0.3) is 0 Å². The van der Waals surface area contributed by atoms with Crippen molar-refractivity contribution in [2.75, 3.05) is 0 Å². The summed E-state index contributed by atoms with van der Waals surface area (Å²) < 4.78 is 14.4. The van der Waals surface area contributed by atoms with E-state index in [1.807, 2.05) is 0 Å². The van der Waals surface area contributed by atoms with Gasteiger partial charge in [-0.2, -0.15) is 0 Å². The zero-order valence-corrected chi connectivity index (χ0v) is 8.86. The van der Waals surface area contributed by atoms with Crippen LogP contribution in [0.25, 0.3) is 0 Å². The summed E-state index contributed by atoms with van der Waals surface area (Å²) in [6.07, 6.45) is 1.33. The van der Waals surface area contributed by atoms with E-state index < -0.39 is 5.60 Å². The first kappa shape index (κ1) is 9.16. The van der Waals surface area contributed by atoms with Crippen molar-refractivity contribution in [1.82, 2.24) is 0 Å². The average molecular weight is 245 g/mol. The molecule has 0 radical (unpaired) electrons. The third-order valence-electron chi connectivity index (χ3n) is 2.44. The highest BCUT2D eigenvalue weighted by atomic mass is 79.9. The standard InChI is InChI=1S/C10H10BrFO/c1-6-4-7(11)5-8(9(6)12)10(13)2-3-10/h4-5,13H,2-3H2,1H3. The SMILES string of the molecule is Cc1cc(Br)cc(C2(O)CC2)c1F. The Hall–Kier alpha value is -0.410. The van der Waals surface area contributed by atoms with E-state index >= 15 is 0 Å². The zero-order valence-electron chi connectivity index (χ0n) is 7.27. The molecule has 1 aromatic rings. The first-order valence-corrected chi connectivity index (χ1v) is 5.01. The van der Waals surface area contributed by atoms with Crippen molar-refractivity contribution in [3.05, 3.63) is 33.5 Å². The topological polar surface area (TPSA) is 20.2 Å². The van der Waals surface area contributed by atoms with Gasteiger partial charge in [0.1, 0.15) is 5.82 Å². The molecule has 1 saturated carbocycles. The fraction of sp³-hybridized carbons (Fsp3) is 0.400. The molecule has 0 bridgehead atoms. The molecule has 3 heteroatoms. The lowest BCUT2D eigenvalue weighted by atomic mass is 10.0. The summed E-state index contributed by atoms with van der Waals surface area (Å²) in [6, 6.07) is 3.37. The minimum atomic E-state index is -0.890. The maximum Gasteiger partial charge on any atom is 0.132 e. The van der Waals surface area contributed by atoms with Crippen molar-refractivity contribution in [2.45, 2.75) is 25.4 Å². The smallest absolute Gasteiger partial charge is 0.132 e. The van der Waals surface area contributed by atoms with Crippen LogP contribution in [0.5, 0.6) is 0 Å². The van der Waals surface area contributed by atoms with Crippen LogP contribution in [0.3, 0.4) is 0 Å². The third kappa shape index (κ3) is 1.51. The van der Waals surface area contributed by atoms with Gasteiger partial charge in [-0.1, -0.05) is 15.9 Å². The molecule has 1 N–H and O–H groups in total. The molecule has 0 aliphatic heterocycles. The fourth-order valence-electron chi connectivity index (χ4n) is 1.45. The highest BCUT2D eigenvalue weighted by Crippen LogP contribution is 2.47. The van der Waals surface area contributed by atoms with Crippen LogP contribution in [0.4, 0.5) is 4.39 Å². The summed E-state index contributed by atoms with van der Waals surface area (Å²) in [5.74, 6) is -0.275. The third-order valence-corrected chi connectivity index (χ3v) is 2.90. The summed E-state index contributed by atoms with van der Waals surface area (Å²) in [4.78, 5) is 0. The molecule has 0 amide bonds. The molecule has 1 aromatic carbocycles. The van der Waals surface area contributed by atoms with Crippen molar-refractivity contribution < 1.29 is 9.50 Å². The number of benzene rings is 1. The Balaban J connectivity index is 2.56. The van der Waals surface area contributed by atoms with Crippen LogP contribution in [0.1, 0.15) is 24.0 Å². The van der Waals surface area contributed by atoms with Gasteiger partial charge in [0.2, 0.25) is 0 Å². The van der Waals surface area contributed by atoms with Crippen molar-refractivity contribution in [3.8, 4) is 0 Å². The van der Waals surface area contributed by atoms with Crippen molar-refractivity contribution in [1.29, 1.82) is 0 Å². The molecule has 1 fully saturated rings. The molecule has 0 saturated heterocycles. The Morgan fingerprint density at radius 1 is 1.46 bits per heavy atom. The number of aliphatic hydroxyl groups is 1. The van der Waals surface area contributed by atoms with Crippen LogP contribution in [-0.2, 0) is 5.60 Å². The number of hydrogen-bond acceptors (Lipinski definition) is 1. The van der Waals surface area contributed by atoms with Gasteiger partial charge in [-0.15, -0.1) is 0 Å². The van der Waals surface area contributed by atoms with Gasteiger partial charge in [0.05, 0.1) is 5.60 Å². The van der Waals surface area contributed by atoms with E-state index in [2.05, 4.69) is 15.9 Å². The van der Waals surface area contributed by atoms with E-state index in [1.54, 1.807) is 19.1 Å². The van der Waals surface area contributed by atoms with E-state index in [-0.39, 0.29) is 5.82 Å². The predicted octanol–water partition coefficient (Wildman–Crippen LogP) is 2.88. The lowest BCUT2D eigenvalue weighted by molar-refractivity contribution is 0.146. The molecule has 0 spiro atoms. The molecule has 0 heterocycles. The van der Waals surface area contributed by atoms with Crippen molar-refractivity contribution in [2.24, 2.45) is 0 Å². The molecule has 0 atom stereocenters. The lowest BCUT2D eigenvalue weighted by Crippen LogP contribution is -2.08. The van der Waals surface area contributed by atoms with Crippen molar-refractivity contribution >= 4 is 15.9 Å². The molecule has 70 valence electrons. The number of halogens is 2. The van der Waals surface area contributed by atoms with Gasteiger partial charge in [0, 0.05) is 10.0 Å². The minimum Gasteiger partial charge on any atom is -0.385 e. The van der Waals surface area contributed by atoms with Crippen LogP contribution < -0.4 is 0 Å². The van der Waals surface area contributed by atoms with Gasteiger partial charge in [-0.05, 0) is 37.5 Å². The van der Waals surface area contributed by atoms with Crippen LogP contribution >= 0.6 is 15.9 Å². The summed E-state index contributed by atoms with van der Waals surface area (Å²) >= 11 is 3.29. The molecular formula is C10H10BrFO. The number of hydrogen-bond donors (Lipinski definition) is 1. The normalized spacial score (nSPS) is 18.8. The van der Waals surface area contributed by atoms with Crippen LogP contribution in [0, 0.1) is 12.7 Å². The highest BCUT2D eigenvalue weighted by molar-refractivity contribution is 9.10. The number of aryl methyl sites for hydroxylation is 1. The first-order chi connectivity index (χ1) is 6.03. The molecular weight excluding hydrogens is 235 g/mol. The molecule has 2 rings (SSSR count). The molecule has 1 nitrogen and oxygen atoms in total. The zero-order chi connectivity index (χ0) is 9.64. The number of rotatable bonds is 1. The van der Waals surface area contributed by atoms with Crippen molar-refractivity contribution in [3.63, 3.8) is 0 Å². The van der Waals surface area contributed by atoms with Crippen LogP contribution in [-0.4, -0.2) is 5.11 Å². The predicted molar refractivity (Wildman–Crippen MR) is 52.0 cm³/mol. The van der Waals surface area contributed by atoms with E-state index in [1.165, 1.54) is 0 Å². The van der Waals surface area contributed by atoms with E-state index in [9.17, 15) is 9.50 Å². The quantitative estimate of drug-likeness (QED) is 0.806. The fourth-order valence-corrected chi connectivity index (χ4v) is 2.02. The minimum absolute atomic E-state index is 0.275. The average Bonchev–Trinajstić information content (AvgIpc) is 2.77. The lowest BCUT2D eigenvalue weighted by Gasteiger charge is -2.11. The Morgan fingerprint density at radius 3 is 2.62 bits per heavy atom. The largest absolute Gasteiger partial charge is 0.385 e. The molecule has 0 unspecified atom stereocenters. The summed E-state index contributed by atoms with van der Waals surface area (Å²) in [5.41, 5.74) is 0.114. The van der Waals surface area contributed by atoms with Gasteiger partial charge in [-0.3, -0.25) is 0 Å². The molecule has 13 heavy (non-hydrogen) atoms. The summed E-state index contributed by atoms with van der Waals surface area (Å²) in [7, 11) is 0. The van der Waals surface area contributed by atoms with Crippen LogP contribution in [0.15, 0.2) is 16.6 Å². The van der Waals surface area contributed by atoms with Gasteiger partial charge in [0.15, 0.2) is 0 Å². The molecule has 1 aliphatic rings. The van der Waals surface area contributed by atoms with Gasteiger partial charge >= 0.3 is 0 Å². The second-order valence-corrected chi connectivity index (χ2v) is 4.53. The van der Waals surface area contributed by atoms with E-state index in [0.717, 1.165) is 4.47 Å². The summed E-state index contributed by atoms with van der Waals surface area (Å²) in [5, 5.41) is 9.77. The molecule has 0 aromatic heterocycles. The maximum atomic E-state index is 13.5. The summed E-state index contributed by atoms with van der Waals surface area (Å²) in [6.45, 7) is 1.70. The Bertz CT molecular complexity index is 358. The Kier molecular flexibility index (Phi) is 1.96. The second kappa shape index (κ2) is 2.79. The van der Waals surface area contributed by atoms with Gasteiger partial charge in [-0.25, -0.2) is 4.39 Å². The van der Waals surface area contributed by atoms with Gasteiger partial charge < -0.3 is 5.11 Å². The van der Waals surface area contributed by atoms with Crippen LogP contribution in [0.2, 0.25) is 0 Å². The maximum absolute atomic E-state index is 13.5. The Labute approximate surface area is 84.7 Å². The van der Waals surface area contributed by atoms with E-state index in [4.69, 9.17) is 0 Å². The second-order valence-electron chi connectivity index (χ2n) is 3.62. The molecule has 1 aliphatic carbocycles. The highest BCUT2D eigenvalue weighted by Gasteiger charge is 2.44. The first-order valence-electron chi connectivity index (χ1n) is 4.21.